The molecule has 0 radical (unpaired) electrons. The molecular weight excluding hydrogens is 718 g/mol. The molecule has 4 heterocycles. The van der Waals surface area contributed by atoms with Gasteiger partial charge in [-0.05, 0) is 111 Å². The number of anilines is 2. The Morgan fingerprint density at radius 2 is 1.64 bits per heavy atom. The van der Waals surface area contributed by atoms with Crippen LogP contribution >= 0.6 is 11.6 Å². The highest BCUT2D eigenvalue weighted by Gasteiger charge is 2.45. The highest BCUT2D eigenvalue weighted by Crippen LogP contribution is 2.34. The number of carbonyl (C=O) groups is 5. The lowest BCUT2D eigenvalue weighted by Crippen LogP contribution is -2.54. The fourth-order valence-corrected chi connectivity index (χ4v) is 9.25. The third-order valence-electron chi connectivity index (χ3n) is 12.2. The Morgan fingerprint density at radius 3 is 2.36 bits per heavy atom. The molecule has 13 heteroatoms. The molecule has 2 saturated heterocycles. The third-order valence-corrected chi connectivity index (χ3v) is 12.5. The zero-order chi connectivity index (χ0) is 38.4. The molecule has 2 N–H and O–H groups in total. The normalized spacial score (nSPS) is 23.0. The SMILES string of the molecule is CN(c1ccc(C#N)c(Cl)c1)C1CCC(NC(=O)c2ccc3c(c2)CN(CC2CCN(c4ccc5c(c4)C(=O)N(C4CCC(=O)NC4=O)C5=O)CC2)C3)CC1. The van der Waals surface area contributed by atoms with Crippen LogP contribution in [0.4, 0.5) is 11.4 Å². The fourth-order valence-electron chi connectivity index (χ4n) is 9.03. The first kappa shape index (κ1) is 36.7. The Labute approximate surface area is 325 Å². The first-order chi connectivity index (χ1) is 26.6. The van der Waals surface area contributed by atoms with E-state index in [0.717, 1.165) is 87.5 Å². The number of nitriles is 1. The molecule has 5 amide bonds. The highest BCUT2D eigenvalue weighted by molar-refractivity contribution is 6.32. The van der Waals surface area contributed by atoms with E-state index in [1.54, 1.807) is 18.2 Å². The molecule has 0 bridgehead atoms. The lowest BCUT2D eigenvalue weighted by Gasteiger charge is -2.36. The number of fused-ring (bicyclic) bond motifs is 2. The van der Waals surface area contributed by atoms with Gasteiger partial charge < -0.3 is 15.1 Å². The average molecular weight is 762 g/mol. The van der Waals surface area contributed by atoms with E-state index in [-0.39, 0.29) is 24.8 Å². The van der Waals surface area contributed by atoms with Gasteiger partial charge in [-0.1, -0.05) is 17.7 Å². The number of piperidine rings is 2. The Kier molecular flexibility index (Phi) is 10.1. The minimum atomic E-state index is -0.975. The number of rotatable bonds is 8. The van der Waals surface area contributed by atoms with Gasteiger partial charge in [0, 0.05) is 75.2 Å². The zero-order valence-electron chi connectivity index (χ0n) is 30.9. The van der Waals surface area contributed by atoms with Crippen molar-refractivity contribution in [2.24, 2.45) is 5.92 Å². The van der Waals surface area contributed by atoms with Crippen molar-refractivity contribution in [1.29, 1.82) is 5.26 Å². The monoisotopic (exact) mass is 761 g/mol. The van der Waals surface area contributed by atoms with Gasteiger partial charge >= 0.3 is 0 Å². The quantitative estimate of drug-likeness (QED) is 0.302. The topological polar surface area (TPSA) is 146 Å². The van der Waals surface area contributed by atoms with Gasteiger partial charge in [0.1, 0.15) is 12.1 Å². The van der Waals surface area contributed by atoms with Crippen molar-refractivity contribution in [3.63, 3.8) is 0 Å². The molecule has 3 aromatic rings. The van der Waals surface area contributed by atoms with E-state index >= 15 is 0 Å². The predicted molar refractivity (Wildman–Crippen MR) is 207 cm³/mol. The Balaban J connectivity index is 0.801. The van der Waals surface area contributed by atoms with Crippen LogP contribution in [0.2, 0.25) is 5.02 Å². The van der Waals surface area contributed by atoms with Crippen molar-refractivity contribution in [2.45, 2.75) is 82.6 Å². The zero-order valence-corrected chi connectivity index (χ0v) is 31.6. The number of hydrogen-bond acceptors (Lipinski definition) is 9. The van der Waals surface area contributed by atoms with E-state index in [1.807, 2.05) is 24.3 Å². The van der Waals surface area contributed by atoms with Gasteiger partial charge in [-0.2, -0.15) is 5.26 Å². The molecule has 8 rings (SSSR count). The second-order valence-electron chi connectivity index (χ2n) is 15.6. The van der Waals surface area contributed by atoms with Gasteiger partial charge in [0.25, 0.3) is 17.7 Å². The number of imide groups is 2. The maximum Gasteiger partial charge on any atom is 0.262 e. The maximum atomic E-state index is 13.4. The van der Waals surface area contributed by atoms with Crippen molar-refractivity contribution < 1.29 is 24.0 Å². The molecule has 3 fully saturated rings. The van der Waals surface area contributed by atoms with Gasteiger partial charge in [-0.15, -0.1) is 0 Å². The van der Waals surface area contributed by atoms with Gasteiger partial charge in [-0.3, -0.25) is 39.1 Å². The molecule has 284 valence electrons. The fraction of sp³-hybridized carbons (Fsp3) is 0.429. The second-order valence-corrected chi connectivity index (χ2v) is 16.0. The predicted octanol–water partition coefficient (Wildman–Crippen LogP) is 5.02. The number of benzene rings is 3. The van der Waals surface area contributed by atoms with E-state index in [0.29, 0.717) is 39.2 Å². The molecule has 1 aliphatic carbocycles. The van der Waals surface area contributed by atoms with Crippen molar-refractivity contribution in [2.75, 3.05) is 36.5 Å². The molecule has 1 saturated carbocycles. The van der Waals surface area contributed by atoms with Crippen molar-refractivity contribution >= 4 is 52.5 Å². The Morgan fingerprint density at radius 1 is 0.891 bits per heavy atom. The summed E-state index contributed by atoms with van der Waals surface area (Å²) in [6.07, 6.45) is 5.92. The van der Waals surface area contributed by atoms with Crippen LogP contribution in [0.3, 0.4) is 0 Å². The number of carbonyl (C=O) groups excluding carboxylic acids is 5. The third kappa shape index (κ3) is 7.31. The maximum absolute atomic E-state index is 13.4. The molecule has 3 aromatic carbocycles. The summed E-state index contributed by atoms with van der Waals surface area (Å²) in [5.41, 5.74) is 6.13. The number of nitrogens with zero attached hydrogens (tertiary/aromatic N) is 5. The first-order valence-corrected chi connectivity index (χ1v) is 19.6. The first-order valence-electron chi connectivity index (χ1n) is 19.2. The van der Waals surface area contributed by atoms with Crippen LogP contribution in [-0.4, -0.2) is 84.1 Å². The molecule has 0 spiro atoms. The Hall–Kier alpha value is -5.25. The van der Waals surface area contributed by atoms with E-state index < -0.39 is 29.7 Å². The number of halogens is 1. The van der Waals surface area contributed by atoms with Crippen LogP contribution in [-0.2, 0) is 22.7 Å². The molecule has 55 heavy (non-hydrogen) atoms. The molecule has 5 aliphatic rings. The highest BCUT2D eigenvalue weighted by atomic mass is 35.5. The van der Waals surface area contributed by atoms with Crippen LogP contribution in [0.1, 0.15) is 99.1 Å². The summed E-state index contributed by atoms with van der Waals surface area (Å²) in [5, 5.41) is 15.2. The van der Waals surface area contributed by atoms with Crippen LogP contribution in [0, 0.1) is 17.2 Å². The molecule has 4 aliphatic heterocycles. The van der Waals surface area contributed by atoms with E-state index in [9.17, 15) is 29.2 Å². The summed E-state index contributed by atoms with van der Waals surface area (Å²) in [5.74, 6) is -1.49. The van der Waals surface area contributed by atoms with Crippen molar-refractivity contribution in [3.05, 3.63) is 93.0 Å². The largest absolute Gasteiger partial charge is 0.372 e. The standard InChI is InChI=1S/C42H44ClN7O5/c1-47(32-7-4-27(21-44)36(43)20-32)31-8-5-30(6-9-31)45-39(52)26-2-3-28-23-48(24-29(28)18-26)22-25-14-16-49(17-15-25)33-10-11-34-35(19-33)42(55)50(41(34)54)37-12-13-38(51)46-40(37)53/h2-4,7,10-11,18-20,25,30-31,37H,5-6,8-9,12-17,22-24H2,1H3,(H,45,52)(H,46,51,53). The lowest BCUT2D eigenvalue weighted by molar-refractivity contribution is -0.136. The summed E-state index contributed by atoms with van der Waals surface area (Å²) in [7, 11) is 2.06. The van der Waals surface area contributed by atoms with Gasteiger partial charge in [-0.25, -0.2) is 0 Å². The molecule has 1 atom stereocenters. The minimum Gasteiger partial charge on any atom is -0.372 e. The minimum absolute atomic E-state index is 0.0226. The van der Waals surface area contributed by atoms with Crippen molar-refractivity contribution in [3.8, 4) is 6.07 Å². The number of amides is 5. The van der Waals surface area contributed by atoms with Crippen molar-refractivity contribution in [1.82, 2.24) is 20.4 Å². The molecule has 1 unspecified atom stereocenters. The van der Waals surface area contributed by atoms with Gasteiger partial charge in [0.2, 0.25) is 11.8 Å². The molecular formula is C42H44ClN7O5. The van der Waals surface area contributed by atoms with E-state index in [4.69, 9.17) is 11.6 Å². The van der Waals surface area contributed by atoms with Crippen LogP contribution < -0.4 is 20.4 Å². The second kappa shape index (κ2) is 15.1. The lowest BCUT2D eigenvalue weighted by atomic mass is 9.89. The number of hydrogen-bond donors (Lipinski definition) is 2. The van der Waals surface area contributed by atoms with E-state index in [2.05, 4.69) is 50.6 Å². The molecule has 12 nitrogen and oxygen atoms in total. The average Bonchev–Trinajstić information content (AvgIpc) is 3.70. The smallest absolute Gasteiger partial charge is 0.262 e. The van der Waals surface area contributed by atoms with Crippen LogP contribution in [0.25, 0.3) is 0 Å². The van der Waals surface area contributed by atoms with Gasteiger partial charge in [0.15, 0.2) is 0 Å². The van der Waals surface area contributed by atoms with E-state index in [1.165, 1.54) is 11.1 Å². The summed E-state index contributed by atoms with van der Waals surface area (Å²) in [6, 6.07) is 18.6. The summed E-state index contributed by atoms with van der Waals surface area (Å²) >= 11 is 6.28. The van der Waals surface area contributed by atoms with Crippen LogP contribution in [0.15, 0.2) is 54.6 Å². The summed E-state index contributed by atoms with van der Waals surface area (Å²) < 4.78 is 0. The molecule has 0 aromatic heterocycles. The summed E-state index contributed by atoms with van der Waals surface area (Å²) in [6.45, 7) is 4.31. The van der Waals surface area contributed by atoms with Gasteiger partial charge in [0.05, 0.1) is 21.7 Å². The van der Waals surface area contributed by atoms with Crippen LogP contribution in [0.5, 0.6) is 0 Å². The summed E-state index contributed by atoms with van der Waals surface area (Å²) in [4.78, 5) is 71.8. The number of nitrogens with one attached hydrogen (secondary N) is 2. The Bertz CT molecular complexity index is 2120.